The van der Waals surface area contributed by atoms with Crippen molar-refractivity contribution < 1.29 is 22.8 Å². The molecule has 0 amide bonds. The SMILES string of the molecule is CCc1ccccc1N1c2c(n(C)c(=O)n(C)c2=O)N(OC(=O)C(F)(F)F)C1N1CCNCC1. The highest BCUT2D eigenvalue weighted by atomic mass is 19.4. The molecule has 1 atom stereocenters. The molecule has 2 aliphatic heterocycles. The quantitative estimate of drug-likeness (QED) is 0.685. The van der Waals surface area contributed by atoms with Crippen LogP contribution in [0, 0.1) is 0 Å². The third-order valence-corrected chi connectivity index (χ3v) is 6.02. The number of alkyl halides is 3. The first-order chi connectivity index (χ1) is 16.1. The molecule has 184 valence electrons. The van der Waals surface area contributed by atoms with Gasteiger partial charge in [-0.3, -0.25) is 23.7 Å². The van der Waals surface area contributed by atoms with Crippen LogP contribution < -0.4 is 26.5 Å². The summed E-state index contributed by atoms with van der Waals surface area (Å²) in [6.45, 7) is 3.79. The van der Waals surface area contributed by atoms with E-state index in [9.17, 15) is 27.6 Å². The molecule has 2 aliphatic rings. The number of rotatable bonds is 4. The third kappa shape index (κ3) is 3.84. The number of aromatic nitrogens is 2. The van der Waals surface area contributed by atoms with E-state index in [-0.39, 0.29) is 11.5 Å². The Labute approximate surface area is 192 Å². The molecule has 10 nitrogen and oxygen atoms in total. The van der Waals surface area contributed by atoms with Gasteiger partial charge >= 0.3 is 17.8 Å². The molecule has 3 heterocycles. The predicted molar refractivity (Wildman–Crippen MR) is 118 cm³/mol. The smallest absolute Gasteiger partial charge is 0.327 e. The molecule has 0 saturated carbocycles. The Kier molecular flexibility index (Phi) is 6.16. The highest BCUT2D eigenvalue weighted by Crippen LogP contribution is 2.44. The van der Waals surface area contributed by atoms with Crippen LogP contribution in [-0.2, 0) is 30.1 Å². The van der Waals surface area contributed by atoms with Crippen LogP contribution >= 0.6 is 0 Å². The standard InChI is InChI=1S/C21H25F3N6O4/c1-4-13-7-5-6-8-14(13)29-15-16(26(2)20(33)27(3)17(15)31)30(34-18(32)21(22,23)24)19(29)28-11-9-25-10-12-28/h5-8,19,25H,4,9-12H2,1-3H3. The van der Waals surface area contributed by atoms with Crippen molar-refractivity contribution in [3.8, 4) is 0 Å². The second-order valence-corrected chi connectivity index (χ2v) is 8.06. The van der Waals surface area contributed by atoms with Crippen molar-refractivity contribution in [1.82, 2.24) is 19.4 Å². The maximum Gasteiger partial charge on any atom is 0.493 e. The van der Waals surface area contributed by atoms with Crippen LogP contribution in [0.1, 0.15) is 12.5 Å². The zero-order chi connectivity index (χ0) is 24.8. The molecule has 1 fully saturated rings. The number of nitrogens with one attached hydrogen (secondary N) is 1. The van der Waals surface area contributed by atoms with Crippen molar-refractivity contribution in [2.45, 2.75) is 25.8 Å². The van der Waals surface area contributed by atoms with Crippen molar-refractivity contribution in [2.24, 2.45) is 14.1 Å². The summed E-state index contributed by atoms with van der Waals surface area (Å²) in [6.07, 6.45) is -5.82. The summed E-state index contributed by atoms with van der Waals surface area (Å²) in [7, 11) is 2.61. The second-order valence-electron chi connectivity index (χ2n) is 8.06. The van der Waals surface area contributed by atoms with Gasteiger partial charge in [0, 0.05) is 46.0 Å². The first-order valence-electron chi connectivity index (χ1n) is 10.8. The van der Waals surface area contributed by atoms with E-state index in [0.717, 1.165) is 19.8 Å². The highest BCUT2D eigenvalue weighted by molar-refractivity contribution is 5.84. The fourth-order valence-corrected chi connectivity index (χ4v) is 4.35. The predicted octanol–water partition coefficient (Wildman–Crippen LogP) is 0.814. The molecule has 1 saturated heterocycles. The summed E-state index contributed by atoms with van der Waals surface area (Å²) < 4.78 is 41.6. The number of nitrogens with zero attached hydrogens (tertiary/aromatic N) is 5. The summed E-state index contributed by atoms with van der Waals surface area (Å²) in [6, 6.07) is 7.16. The second kappa shape index (κ2) is 8.80. The maximum absolute atomic E-state index is 13.4. The fraction of sp³-hybridized carbons (Fsp3) is 0.476. The van der Waals surface area contributed by atoms with E-state index in [1.165, 1.54) is 14.1 Å². The largest absolute Gasteiger partial charge is 0.493 e. The number of anilines is 3. The van der Waals surface area contributed by atoms with E-state index in [4.69, 9.17) is 4.84 Å². The third-order valence-electron chi connectivity index (χ3n) is 6.02. The van der Waals surface area contributed by atoms with Crippen molar-refractivity contribution in [3.63, 3.8) is 0 Å². The molecule has 0 radical (unpaired) electrons. The molecule has 13 heteroatoms. The summed E-state index contributed by atoms with van der Waals surface area (Å²) in [4.78, 5) is 46.3. The fourth-order valence-electron chi connectivity index (χ4n) is 4.35. The number of benzene rings is 1. The van der Waals surface area contributed by atoms with Crippen LogP contribution in [0.2, 0.25) is 0 Å². The lowest BCUT2D eigenvalue weighted by Crippen LogP contribution is -2.60. The first-order valence-corrected chi connectivity index (χ1v) is 10.8. The number of hydrogen-bond acceptors (Lipinski definition) is 8. The molecule has 0 aliphatic carbocycles. The van der Waals surface area contributed by atoms with Crippen LogP contribution in [0.3, 0.4) is 0 Å². The summed E-state index contributed by atoms with van der Waals surface area (Å²) in [5.74, 6) is -2.67. The van der Waals surface area contributed by atoms with Crippen LogP contribution in [0.25, 0.3) is 0 Å². The molecular weight excluding hydrogens is 457 g/mol. The van der Waals surface area contributed by atoms with Gasteiger partial charge in [0.15, 0.2) is 11.5 Å². The Morgan fingerprint density at radius 2 is 1.76 bits per heavy atom. The van der Waals surface area contributed by atoms with Crippen LogP contribution in [-0.4, -0.2) is 58.6 Å². The van der Waals surface area contributed by atoms with E-state index < -0.39 is 29.7 Å². The van der Waals surface area contributed by atoms with Gasteiger partial charge in [0.2, 0.25) is 6.29 Å². The molecule has 1 unspecified atom stereocenters. The Bertz CT molecular complexity index is 1220. The molecule has 0 spiro atoms. The number of carbonyl (C=O) groups excluding carboxylic acids is 1. The maximum atomic E-state index is 13.4. The Morgan fingerprint density at radius 3 is 2.38 bits per heavy atom. The van der Waals surface area contributed by atoms with Gasteiger partial charge in [-0.1, -0.05) is 25.1 Å². The van der Waals surface area contributed by atoms with Gasteiger partial charge in [-0.15, -0.1) is 5.06 Å². The van der Waals surface area contributed by atoms with E-state index in [1.54, 1.807) is 21.9 Å². The normalized spacial score (nSPS) is 18.8. The number of hydrogen-bond donors (Lipinski definition) is 1. The molecule has 1 aromatic heterocycles. The van der Waals surface area contributed by atoms with Crippen molar-refractivity contribution in [1.29, 1.82) is 0 Å². The highest BCUT2D eigenvalue weighted by Gasteiger charge is 2.51. The van der Waals surface area contributed by atoms with E-state index in [1.807, 2.05) is 19.1 Å². The van der Waals surface area contributed by atoms with E-state index in [0.29, 0.717) is 38.3 Å². The summed E-state index contributed by atoms with van der Waals surface area (Å²) >= 11 is 0. The summed E-state index contributed by atoms with van der Waals surface area (Å²) in [5.41, 5.74) is -0.134. The van der Waals surface area contributed by atoms with Gasteiger partial charge in [0.25, 0.3) is 5.56 Å². The number of hydroxylamine groups is 1. The van der Waals surface area contributed by atoms with Gasteiger partial charge in [-0.05, 0) is 18.1 Å². The molecular formula is C21H25F3N6O4. The van der Waals surface area contributed by atoms with Crippen molar-refractivity contribution in [2.75, 3.05) is 36.1 Å². The van der Waals surface area contributed by atoms with Gasteiger partial charge in [0.1, 0.15) is 0 Å². The van der Waals surface area contributed by atoms with Crippen LogP contribution in [0.4, 0.5) is 30.4 Å². The average Bonchev–Trinajstić information content (AvgIpc) is 3.15. The lowest BCUT2D eigenvalue weighted by atomic mass is 10.1. The molecule has 0 bridgehead atoms. The lowest BCUT2D eigenvalue weighted by molar-refractivity contribution is -0.203. The minimum Gasteiger partial charge on any atom is -0.327 e. The number of para-hydroxylation sites is 1. The Balaban J connectivity index is 2.02. The minimum atomic E-state index is -5.28. The Morgan fingerprint density at radius 1 is 1.12 bits per heavy atom. The monoisotopic (exact) mass is 482 g/mol. The van der Waals surface area contributed by atoms with Crippen molar-refractivity contribution in [3.05, 3.63) is 50.7 Å². The number of piperazine rings is 1. The average molecular weight is 482 g/mol. The molecule has 34 heavy (non-hydrogen) atoms. The number of aryl methyl sites for hydroxylation is 1. The zero-order valence-electron chi connectivity index (χ0n) is 18.9. The van der Waals surface area contributed by atoms with E-state index in [2.05, 4.69) is 5.32 Å². The van der Waals surface area contributed by atoms with Crippen LogP contribution in [0.15, 0.2) is 33.9 Å². The number of fused-ring (bicyclic) bond motifs is 1. The lowest BCUT2D eigenvalue weighted by Gasteiger charge is -2.41. The topological polar surface area (TPSA) is 92.0 Å². The molecule has 1 aromatic carbocycles. The zero-order valence-corrected chi connectivity index (χ0v) is 18.9. The van der Waals surface area contributed by atoms with E-state index >= 15 is 0 Å². The van der Waals surface area contributed by atoms with Gasteiger partial charge in [0.05, 0.1) is 0 Å². The first kappa shape index (κ1) is 23.8. The Hall–Kier alpha value is -3.32. The van der Waals surface area contributed by atoms with Gasteiger partial charge < -0.3 is 10.2 Å². The molecule has 1 N–H and O–H groups in total. The van der Waals surface area contributed by atoms with Gasteiger partial charge in [-0.2, -0.15) is 13.2 Å². The minimum absolute atomic E-state index is 0.0518. The molecule has 4 rings (SSSR count). The number of halogens is 3. The number of carbonyl (C=O) groups is 1. The van der Waals surface area contributed by atoms with Crippen LogP contribution in [0.5, 0.6) is 0 Å². The molecule has 2 aromatic rings. The summed E-state index contributed by atoms with van der Waals surface area (Å²) in [5, 5.41) is 3.91. The van der Waals surface area contributed by atoms with Crippen molar-refractivity contribution >= 4 is 23.2 Å². The van der Waals surface area contributed by atoms with Gasteiger partial charge in [-0.25, -0.2) is 9.59 Å².